The third kappa shape index (κ3) is 6.05. The van der Waals surface area contributed by atoms with Gasteiger partial charge in [-0.15, -0.1) is 29.1 Å². The average molecular weight is 450 g/mol. The van der Waals surface area contributed by atoms with Crippen LogP contribution in [0.1, 0.15) is 19.7 Å². The van der Waals surface area contributed by atoms with Crippen LogP contribution in [-0.4, -0.2) is 45.7 Å². The highest BCUT2D eigenvalue weighted by atomic mass is 127. The van der Waals surface area contributed by atoms with Crippen LogP contribution in [-0.2, 0) is 6.54 Å². The lowest BCUT2D eigenvalue weighted by Crippen LogP contribution is -2.43. The third-order valence-electron chi connectivity index (χ3n) is 3.15. The first-order valence-electron chi connectivity index (χ1n) is 6.99. The van der Waals surface area contributed by atoms with Gasteiger partial charge in [-0.2, -0.15) is 11.8 Å². The van der Waals surface area contributed by atoms with Crippen LogP contribution in [0.25, 0.3) is 11.6 Å². The molecule has 3 N–H and O–H groups in total. The molecule has 0 saturated carbocycles. The van der Waals surface area contributed by atoms with Crippen molar-refractivity contribution in [1.29, 1.82) is 0 Å². The molecule has 0 aromatic carbocycles. The molecule has 0 unspecified atom stereocenters. The van der Waals surface area contributed by atoms with Crippen molar-refractivity contribution in [2.45, 2.75) is 25.1 Å². The second-order valence-electron chi connectivity index (χ2n) is 5.33. The summed E-state index contributed by atoms with van der Waals surface area (Å²) in [6.45, 7) is 5.70. The standard InChI is InChI=1S/C14H22N6OS.HI/c1-14(2,22-4)9-17-13(15-3)16-8-11-18-12(20-19-11)10-6-5-7-21-10;/h5-7H,8-9H2,1-4H3,(H2,15,16,17)(H,18,19,20);1H. The zero-order valence-corrected chi connectivity index (χ0v) is 16.9. The van der Waals surface area contributed by atoms with Crippen molar-refractivity contribution < 1.29 is 4.42 Å². The Hall–Kier alpha value is -1.23. The number of thioether (sulfide) groups is 1. The van der Waals surface area contributed by atoms with Gasteiger partial charge in [-0.05, 0) is 32.2 Å². The van der Waals surface area contributed by atoms with E-state index in [0.29, 0.717) is 18.1 Å². The number of nitrogens with one attached hydrogen (secondary N) is 3. The summed E-state index contributed by atoms with van der Waals surface area (Å²) in [6, 6.07) is 3.63. The van der Waals surface area contributed by atoms with Gasteiger partial charge >= 0.3 is 0 Å². The summed E-state index contributed by atoms with van der Waals surface area (Å²) in [5.74, 6) is 2.65. The smallest absolute Gasteiger partial charge is 0.216 e. The number of hydrogen-bond acceptors (Lipinski definition) is 5. The van der Waals surface area contributed by atoms with Crippen LogP contribution in [0, 0.1) is 0 Å². The molecule has 2 aromatic heterocycles. The van der Waals surface area contributed by atoms with E-state index in [2.05, 4.69) is 50.9 Å². The molecule has 0 aliphatic carbocycles. The second-order valence-corrected chi connectivity index (χ2v) is 6.84. The van der Waals surface area contributed by atoms with Crippen LogP contribution in [0.2, 0.25) is 0 Å². The van der Waals surface area contributed by atoms with Crippen LogP contribution >= 0.6 is 35.7 Å². The largest absolute Gasteiger partial charge is 0.461 e. The maximum absolute atomic E-state index is 5.26. The topological polar surface area (TPSA) is 91.1 Å². The fraction of sp³-hybridized carbons (Fsp3) is 0.500. The molecule has 0 fully saturated rings. The first-order chi connectivity index (χ1) is 10.5. The molecule has 2 heterocycles. The Kier molecular flexibility index (Phi) is 7.89. The number of rotatable bonds is 6. The molecule has 0 atom stereocenters. The molecule has 0 bridgehead atoms. The highest BCUT2D eigenvalue weighted by Crippen LogP contribution is 2.19. The van der Waals surface area contributed by atoms with Gasteiger partial charge in [0.2, 0.25) is 5.82 Å². The molecule has 0 radical (unpaired) electrons. The Morgan fingerprint density at radius 3 is 2.83 bits per heavy atom. The van der Waals surface area contributed by atoms with E-state index < -0.39 is 0 Å². The molecule has 0 aliphatic rings. The number of furan rings is 1. The molecule has 128 valence electrons. The van der Waals surface area contributed by atoms with Crippen LogP contribution in [0.5, 0.6) is 0 Å². The fourth-order valence-corrected chi connectivity index (χ4v) is 1.86. The highest BCUT2D eigenvalue weighted by molar-refractivity contribution is 14.0. The van der Waals surface area contributed by atoms with Gasteiger partial charge in [-0.1, -0.05) is 0 Å². The summed E-state index contributed by atoms with van der Waals surface area (Å²) >= 11 is 1.81. The molecule has 0 amide bonds. The first kappa shape index (κ1) is 19.8. The number of guanidine groups is 1. The number of H-pyrrole nitrogens is 1. The minimum Gasteiger partial charge on any atom is -0.461 e. The minimum atomic E-state index is 0. The summed E-state index contributed by atoms with van der Waals surface area (Å²) in [5.41, 5.74) is 0. The Labute approximate surface area is 157 Å². The highest BCUT2D eigenvalue weighted by Gasteiger charge is 2.16. The van der Waals surface area contributed by atoms with Crippen molar-refractivity contribution in [3.63, 3.8) is 0 Å². The number of nitrogens with zero attached hydrogens (tertiary/aromatic N) is 3. The Morgan fingerprint density at radius 1 is 1.43 bits per heavy atom. The van der Waals surface area contributed by atoms with Crippen molar-refractivity contribution >= 4 is 41.7 Å². The predicted molar refractivity (Wildman–Crippen MR) is 105 cm³/mol. The molecule has 0 saturated heterocycles. The van der Waals surface area contributed by atoms with Gasteiger partial charge in [-0.25, -0.2) is 4.98 Å². The van der Waals surface area contributed by atoms with E-state index in [-0.39, 0.29) is 28.7 Å². The van der Waals surface area contributed by atoms with Crippen molar-refractivity contribution in [3.8, 4) is 11.6 Å². The van der Waals surface area contributed by atoms with E-state index >= 15 is 0 Å². The van der Waals surface area contributed by atoms with Crippen molar-refractivity contribution in [1.82, 2.24) is 25.8 Å². The Morgan fingerprint density at radius 2 is 2.22 bits per heavy atom. The van der Waals surface area contributed by atoms with Crippen molar-refractivity contribution in [2.24, 2.45) is 4.99 Å². The minimum absolute atomic E-state index is 0. The monoisotopic (exact) mass is 450 g/mol. The van der Waals surface area contributed by atoms with Crippen molar-refractivity contribution in [2.75, 3.05) is 19.8 Å². The number of aromatic nitrogens is 3. The van der Waals surface area contributed by atoms with Crippen LogP contribution in [0.3, 0.4) is 0 Å². The van der Waals surface area contributed by atoms with Gasteiger partial charge in [0.25, 0.3) is 0 Å². The van der Waals surface area contributed by atoms with Gasteiger partial charge in [0.05, 0.1) is 12.8 Å². The molecule has 2 rings (SSSR count). The SMILES string of the molecule is CN=C(NCc1nc(-c2ccco2)n[nH]1)NCC(C)(C)SC.I. The fourth-order valence-electron chi connectivity index (χ4n) is 1.65. The Balaban J connectivity index is 0.00000264. The van der Waals surface area contributed by atoms with E-state index in [9.17, 15) is 0 Å². The molecular formula is C14H23IN6OS. The number of aromatic amines is 1. The number of aliphatic imine (C=N–C) groups is 1. The zero-order valence-electron chi connectivity index (χ0n) is 13.7. The first-order valence-corrected chi connectivity index (χ1v) is 8.21. The van der Waals surface area contributed by atoms with Gasteiger partial charge in [0.1, 0.15) is 5.82 Å². The molecule has 0 aliphatic heterocycles. The maximum Gasteiger partial charge on any atom is 0.216 e. The van der Waals surface area contributed by atoms with Gasteiger partial charge < -0.3 is 15.1 Å². The normalized spacial score (nSPS) is 11.9. The summed E-state index contributed by atoms with van der Waals surface area (Å²) < 4.78 is 5.41. The molecule has 2 aromatic rings. The summed E-state index contributed by atoms with van der Waals surface area (Å²) in [4.78, 5) is 8.58. The van der Waals surface area contributed by atoms with E-state index in [1.54, 1.807) is 13.3 Å². The van der Waals surface area contributed by atoms with Crippen molar-refractivity contribution in [3.05, 3.63) is 24.2 Å². The third-order valence-corrected chi connectivity index (χ3v) is 4.40. The zero-order chi connectivity index (χ0) is 16.0. The van der Waals surface area contributed by atoms with E-state index in [1.807, 2.05) is 23.9 Å². The molecule has 7 nitrogen and oxygen atoms in total. The van der Waals surface area contributed by atoms with E-state index in [1.165, 1.54) is 0 Å². The quantitative estimate of drug-likeness (QED) is 0.356. The summed E-state index contributed by atoms with van der Waals surface area (Å²) in [6.07, 6.45) is 3.70. The number of halogens is 1. The van der Waals surface area contributed by atoms with Gasteiger partial charge in [-0.3, -0.25) is 10.1 Å². The predicted octanol–water partition coefficient (Wildman–Crippen LogP) is 2.49. The van der Waals surface area contributed by atoms with E-state index in [4.69, 9.17) is 4.42 Å². The average Bonchev–Trinajstić information content (AvgIpc) is 3.18. The van der Waals surface area contributed by atoms with Crippen LogP contribution in [0.4, 0.5) is 0 Å². The van der Waals surface area contributed by atoms with Crippen LogP contribution in [0.15, 0.2) is 27.8 Å². The molecule has 23 heavy (non-hydrogen) atoms. The summed E-state index contributed by atoms with van der Waals surface area (Å²) in [5, 5.41) is 13.5. The van der Waals surface area contributed by atoms with Gasteiger partial charge in [0, 0.05) is 18.3 Å². The molecule has 9 heteroatoms. The van der Waals surface area contributed by atoms with E-state index in [0.717, 1.165) is 18.3 Å². The number of hydrogen-bond donors (Lipinski definition) is 3. The van der Waals surface area contributed by atoms with Crippen LogP contribution < -0.4 is 10.6 Å². The summed E-state index contributed by atoms with van der Waals surface area (Å²) in [7, 11) is 1.75. The lowest BCUT2D eigenvalue weighted by molar-refractivity contribution is 0.577. The van der Waals surface area contributed by atoms with Gasteiger partial charge in [0.15, 0.2) is 11.7 Å². The maximum atomic E-state index is 5.26. The second kappa shape index (κ2) is 9.16. The lowest BCUT2D eigenvalue weighted by atomic mass is 10.2. The molecular weight excluding hydrogens is 427 g/mol. The Bertz CT molecular complexity index is 611. The lowest BCUT2D eigenvalue weighted by Gasteiger charge is -2.23. The molecule has 0 spiro atoms.